The predicted molar refractivity (Wildman–Crippen MR) is 63.7 cm³/mol. The monoisotopic (exact) mass is 226 g/mol. The quantitative estimate of drug-likeness (QED) is 0.688. The Labute approximate surface area is 100 Å². The molecule has 0 amide bonds. The van der Waals surface area contributed by atoms with E-state index < -0.39 is 0 Å². The summed E-state index contributed by atoms with van der Waals surface area (Å²) in [7, 11) is 0. The molecule has 2 aliphatic rings. The van der Waals surface area contributed by atoms with E-state index in [9.17, 15) is 0 Å². The molecule has 3 heteroatoms. The summed E-state index contributed by atoms with van der Waals surface area (Å²) in [5, 5.41) is 0. The zero-order valence-corrected chi connectivity index (χ0v) is 9.60. The van der Waals surface area contributed by atoms with E-state index in [0.29, 0.717) is 6.61 Å². The molecule has 1 atom stereocenters. The molecule has 3 nitrogen and oxygen atoms in total. The molecule has 0 fully saturated rings. The van der Waals surface area contributed by atoms with Crippen LogP contribution in [0.15, 0.2) is 36.8 Å². The van der Waals surface area contributed by atoms with E-state index in [1.54, 1.807) is 0 Å². The van der Waals surface area contributed by atoms with Crippen molar-refractivity contribution in [2.24, 2.45) is 0 Å². The Bertz CT molecular complexity index is 575. The summed E-state index contributed by atoms with van der Waals surface area (Å²) in [6.07, 6.45) is 6.13. The van der Waals surface area contributed by atoms with Crippen molar-refractivity contribution in [3.63, 3.8) is 0 Å². The summed E-state index contributed by atoms with van der Waals surface area (Å²) in [6, 6.07) is 8.71. The van der Waals surface area contributed by atoms with Gasteiger partial charge in [0.25, 0.3) is 0 Å². The molecule has 2 aromatic rings. The van der Waals surface area contributed by atoms with E-state index in [0.717, 1.165) is 19.4 Å². The summed E-state index contributed by atoms with van der Waals surface area (Å²) < 4.78 is 8.11. The average molecular weight is 226 g/mol. The third kappa shape index (κ3) is 1.12. The molecule has 1 unspecified atom stereocenters. The molecule has 2 heterocycles. The Morgan fingerprint density at radius 1 is 1.29 bits per heavy atom. The molecule has 0 bridgehead atoms. The van der Waals surface area contributed by atoms with Gasteiger partial charge < -0.3 is 9.30 Å². The van der Waals surface area contributed by atoms with Gasteiger partial charge in [-0.1, -0.05) is 24.3 Å². The summed E-state index contributed by atoms with van der Waals surface area (Å²) >= 11 is 0. The highest BCUT2D eigenvalue weighted by Crippen LogP contribution is 2.42. The second-order valence-corrected chi connectivity index (χ2v) is 4.94. The van der Waals surface area contributed by atoms with Gasteiger partial charge in [-0.3, -0.25) is 0 Å². The van der Waals surface area contributed by atoms with Gasteiger partial charge in [0.1, 0.15) is 0 Å². The Morgan fingerprint density at radius 2 is 2.24 bits per heavy atom. The van der Waals surface area contributed by atoms with Crippen LogP contribution in [0.5, 0.6) is 0 Å². The summed E-state index contributed by atoms with van der Waals surface area (Å²) in [5.41, 5.74) is 4.06. The third-order valence-electron chi connectivity index (χ3n) is 4.09. The molecule has 86 valence electrons. The molecule has 4 rings (SSSR count). The highest BCUT2D eigenvalue weighted by molar-refractivity contribution is 5.40. The van der Waals surface area contributed by atoms with Crippen LogP contribution in [-0.2, 0) is 23.3 Å². The normalized spacial score (nSPS) is 25.9. The maximum Gasteiger partial charge on any atom is 0.0957 e. The van der Waals surface area contributed by atoms with Crippen LogP contribution in [0.25, 0.3) is 0 Å². The zero-order chi connectivity index (χ0) is 11.3. The second kappa shape index (κ2) is 3.20. The van der Waals surface area contributed by atoms with Crippen LogP contribution in [0.3, 0.4) is 0 Å². The maximum absolute atomic E-state index is 5.79. The first-order chi connectivity index (χ1) is 8.40. The minimum absolute atomic E-state index is 0.000671. The fraction of sp³-hybridized carbons (Fsp3) is 0.357. The summed E-state index contributed by atoms with van der Waals surface area (Å²) in [4.78, 5) is 4.28. The summed E-state index contributed by atoms with van der Waals surface area (Å²) in [6.45, 7) is 1.46. The Morgan fingerprint density at radius 3 is 3.24 bits per heavy atom. The van der Waals surface area contributed by atoms with Gasteiger partial charge in [-0.15, -0.1) is 0 Å². The van der Waals surface area contributed by atoms with Gasteiger partial charge in [0.15, 0.2) is 0 Å². The lowest BCUT2D eigenvalue weighted by atomic mass is 9.91. The van der Waals surface area contributed by atoms with E-state index in [2.05, 4.69) is 33.8 Å². The van der Waals surface area contributed by atoms with Crippen molar-refractivity contribution in [3.8, 4) is 0 Å². The number of imidazole rings is 1. The van der Waals surface area contributed by atoms with Crippen molar-refractivity contribution in [3.05, 3.63) is 53.6 Å². The largest absolute Gasteiger partial charge is 0.372 e. The molecule has 1 aromatic carbocycles. The molecule has 1 aromatic heterocycles. The van der Waals surface area contributed by atoms with Gasteiger partial charge >= 0.3 is 0 Å². The maximum atomic E-state index is 5.79. The van der Waals surface area contributed by atoms with Crippen LogP contribution in [0.1, 0.15) is 23.2 Å². The van der Waals surface area contributed by atoms with Gasteiger partial charge in [-0.2, -0.15) is 0 Å². The van der Waals surface area contributed by atoms with Crippen molar-refractivity contribution in [2.45, 2.75) is 25.0 Å². The van der Waals surface area contributed by atoms with Gasteiger partial charge in [0.05, 0.1) is 37.0 Å². The Kier molecular flexibility index (Phi) is 1.77. The molecule has 0 N–H and O–H groups in total. The van der Waals surface area contributed by atoms with Gasteiger partial charge in [0, 0.05) is 0 Å². The molecule has 17 heavy (non-hydrogen) atoms. The van der Waals surface area contributed by atoms with Crippen LogP contribution in [0.4, 0.5) is 0 Å². The highest BCUT2D eigenvalue weighted by Gasteiger charge is 2.43. The number of fused-ring (bicyclic) bond motifs is 4. The second-order valence-electron chi connectivity index (χ2n) is 4.94. The van der Waals surface area contributed by atoms with E-state index in [1.807, 2.05) is 12.5 Å². The topological polar surface area (TPSA) is 27.1 Å². The minimum Gasteiger partial charge on any atom is -0.372 e. The van der Waals surface area contributed by atoms with Crippen molar-refractivity contribution in [1.29, 1.82) is 0 Å². The Hall–Kier alpha value is -1.61. The number of hydrogen-bond acceptors (Lipinski definition) is 2. The number of ether oxygens (including phenoxy) is 1. The Balaban J connectivity index is 1.97. The number of rotatable bonds is 0. The fourth-order valence-corrected chi connectivity index (χ4v) is 3.28. The first-order valence-corrected chi connectivity index (χ1v) is 6.08. The highest BCUT2D eigenvalue weighted by atomic mass is 16.5. The fourth-order valence-electron chi connectivity index (χ4n) is 3.28. The van der Waals surface area contributed by atoms with E-state index >= 15 is 0 Å². The number of aromatic nitrogens is 2. The lowest BCUT2D eigenvalue weighted by molar-refractivity contribution is 0.0233. The molecule has 0 radical (unpaired) electrons. The predicted octanol–water partition coefficient (Wildman–Crippen LogP) is 2.10. The molecule has 1 spiro atoms. The van der Waals surface area contributed by atoms with Crippen LogP contribution in [0, 0.1) is 0 Å². The number of nitrogens with zero attached hydrogens (tertiary/aromatic N) is 2. The van der Waals surface area contributed by atoms with Crippen LogP contribution >= 0.6 is 0 Å². The van der Waals surface area contributed by atoms with Gasteiger partial charge in [0.2, 0.25) is 0 Å². The zero-order valence-electron chi connectivity index (χ0n) is 9.60. The average Bonchev–Trinajstić information content (AvgIpc) is 2.97. The number of aryl methyl sites for hydroxylation is 1. The SMILES string of the molecule is c1ccc2c(c1)CCC21COCc2cncn21. The van der Waals surface area contributed by atoms with E-state index in [1.165, 1.54) is 16.8 Å². The molecule has 1 aliphatic carbocycles. The van der Waals surface area contributed by atoms with Gasteiger partial charge in [-0.05, 0) is 24.0 Å². The van der Waals surface area contributed by atoms with E-state index in [-0.39, 0.29) is 5.54 Å². The van der Waals surface area contributed by atoms with Crippen molar-refractivity contribution in [2.75, 3.05) is 6.61 Å². The lowest BCUT2D eigenvalue weighted by Gasteiger charge is -2.37. The number of benzene rings is 1. The van der Waals surface area contributed by atoms with Crippen LogP contribution in [-0.4, -0.2) is 16.2 Å². The molecule has 0 saturated carbocycles. The molecule has 1 aliphatic heterocycles. The lowest BCUT2D eigenvalue weighted by Crippen LogP contribution is -2.41. The van der Waals surface area contributed by atoms with E-state index in [4.69, 9.17) is 4.74 Å². The molecule has 0 saturated heterocycles. The van der Waals surface area contributed by atoms with Crippen LogP contribution in [0.2, 0.25) is 0 Å². The number of hydrogen-bond donors (Lipinski definition) is 0. The molecular weight excluding hydrogens is 212 g/mol. The van der Waals surface area contributed by atoms with Crippen molar-refractivity contribution in [1.82, 2.24) is 9.55 Å². The summed E-state index contributed by atoms with van der Waals surface area (Å²) in [5.74, 6) is 0. The first-order valence-electron chi connectivity index (χ1n) is 6.08. The standard InChI is InChI=1S/C14H14N2O/c1-2-4-13-11(3-1)5-6-14(13)9-17-8-12-7-15-10-16(12)14/h1-4,7,10H,5-6,8-9H2. The molecular formula is C14H14N2O. The van der Waals surface area contributed by atoms with Gasteiger partial charge in [-0.25, -0.2) is 4.98 Å². The third-order valence-corrected chi connectivity index (χ3v) is 4.09. The smallest absolute Gasteiger partial charge is 0.0957 e. The first kappa shape index (κ1) is 9.42. The van der Waals surface area contributed by atoms with Crippen molar-refractivity contribution < 1.29 is 4.74 Å². The minimum atomic E-state index is 0.000671. The van der Waals surface area contributed by atoms with Crippen LogP contribution < -0.4 is 0 Å². The van der Waals surface area contributed by atoms with Crippen molar-refractivity contribution >= 4 is 0 Å².